The van der Waals surface area contributed by atoms with E-state index in [-0.39, 0.29) is 0 Å². The van der Waals surface area contributed by atoms with Crippen LogP contribution in [0.25, 0.3) is 0 Å². The number of nitro groups is 1. The van der Waals surface area contributed by atoms with Crippen LogP contribution < -0.4 is 0 Å². The number of rotatable bonds is 8. The van der Waals surface area contributed by atoms with Gasteiger partial charge in [0.15, 0.2) is 0 Å². The predicted molar refractivity (Wildman–Crippen MR) is 64.6 cm³/mol. The summed E-state index contributed by atoms with van der Waals surface area (Å²) in [7, 11) is 0. The summed E-state index contributed by atoms with van der Waals surface area (Å²) in [6.07, 6.45) is 6.48. The van der Waals surface area contributed by atoms with Crippen molar-refractivity contribution in [2.75, 3.05) is 0 Å². The normalized spacial score (nSPS) is 10.5. The Hall–Kier alpha value is -1.92. The molecular formula is C11H17N3O4. The number of hydrogen-bond acceptors (Lipinski definition) is 4. The zero-order valence-corrected chi connectivity index (χ0v) is 10.3. The smallest absolute Gasteiger partial charge is 0.363 e. The van der Waals surface area contributed by atoms with Gasteiger partial charge >= 0.3 is 11.7 Å². The van der Waals surface area contributed by atoms with Gasteiger partial charge in [0.2, 0.25) is 5.69 Å². The third-order valence-corrected chi connectivity index (χ3v) is 2.63. The summed E-state index contributed by atoms with van der Waals surface area (Å²) in [5.74, 6) is -1.37. The Morgan fingerprint density at radius 3 is 2.61 bits per heavy atom. The van der Waals surface area contributed by atoms with Gasteiger partial charge < -0.3 is 5.11 Å². The molecule has 1 rings (SSSR count). The molecule has 1 aromatic heterocycles. The molecule has 1 aromatic rings. The minimum absolute atomic E-state index is 0.448. The van der Waals surface area contributed by atoms with Crippen molar-refractivity contribution >= 4 is 11.7 Å². The van der Waals surface area contributed by atoms with Crippen LogP contribution in [0.15, 0.2) is 6.20 Å². The molecule has 0 unspecified atom stereocenters. The lowest BCUT2D eigenvalue weighted by Crippen LogP contribution is -2.04. The number of nitrogens with zero attached hydrogens (tertiary/aromatic N) is 3. The number of carboxylic acids is 1. The molecule has 0 aliphatic carbocycles. The second kappa shape index (κ2) is 6.73. The fraction of sp³-hybridized carbons (Fsp3) is 0.636. The van der Waals surface area contributed by atoms with E-state index in [2.05, 4.69) is 12.0 Å². The second-order valence-electron chi connectivity index (χ2n) is 4.10. The number of carboxylic acid groups (broad SMARTS) is 1. The first-order valence-corrected chi connectivity index (χ1v) is 6.01. The molecule has 7 heteroatoms. The highest BCUT2D eigenvalue weighted by atomic mass is 16.6. The van der Waals surface area contributed by atoms with Crippen LogP contribution in [0.2, 0.25) is 0 Å². The van der Waals surface area contributed by atoms with Gasteiger partial charge in [0, 0.05) is 6.54 Å². The molecule has 18 heavy (non-hydrogen) atoms. The fourth-order valence-electron chi connectivity index (χ4n) is 1.69. The Balaban J connectivity index is 2.59. The molecule has 0 bridgehead atoms. The molecule has 1 heterocycles. The number of aromatic carboxylic acids is 1. The van der Waals surface area contributed by atoms with Crippen molar-refractivity contribution < 1.29 is 14.8 Å². The number of carbonyl (C=O) groups is 1. The summed E-state index contributed by atoms with van der Waals surface area (Å²) in [6, 6.07) is 0. The lowest BCUT2D eigenvalue weighted by atomic mass is 10.1. The van der Waals surface area contributed by atoms with Gasteiger partial charge in [-0.15, -0.1) is 0 Å². The molecule has 0 aliphatic heterocycles. The molecule has 0 saturated heterocycles. The van der Waals surface area contributed by atoms with E-state index in [9.17, 15) is 14.9 Å². The summed E-state index contributed by atoms with van der Waals surface area (Å²) in [5.41, 5.74) is -0.940. The zero-order chi connectivity index (χ0) is 13.5. The Kier molecular flexibility index (Phi) is 5.29. The maximum Gasteiger partial charge on any atom is 0.363 e. The highest BCUT2D eigenvalue weighted by Gasteiger charge is 2.24. The van der Waals surface area contributed by atoms with Gasteiger partial charge in [-0.05, 0) is 6.42 Å². The topological polar surface area (TPSA) is 98.3 Å². The van der Waals surface area contributed by atoms with Gasteiger partial charge in [0.25, 0.3) is 0 Å². The monoisotopic (exact) mass is 255 g/mol. The SMILES string of the molecule is CCCCCCCn1cc([N+](=O)[O-])c(C(=O)O)n1. The maximum absolute atomic E-state index is 10.8. The summed E-state index contributed by atoms with van der Waals surface area (Å²) in [4.78, 5) is 20.7. The van der Waals surface area contributed by atoms with Crippen LogP contribution in [-0.2, 0) is 6.54 Å². The van der Waals surface area contributed by atoms with Crippen LogP contribution in [0.1, 0.15) is 49.5 Å². The lowest BCUT2D eigenvalue weighted by molar-refractivity contribution is -0.385. The van der Waals surface area contributed by atoms with Crippen molar-refractivity contribution in [2.45, 2.75) is 45.6 Å². The first-order chi connectivity index (χ1) is 8.56. The van der Waals surface area contributed by atoms with E-state index in [1.54, 1.807) is 0 Å². The molecule has 100 valence electrons. The average Bonchev–Trinajstić information content (AvgIpc) is 2.73. The highest BCUT2D eigenvalue weighted by Crippen LogP contribution is 2.17. The highest BCUT2D eigenvalue weighted by molar-refractivity contribution is 5.89. The van der Waals surface area contributed by atoms with Crippen LogP contribution in [0.3, 0.4) is 0 Å². The third-order valence-electron chi connectivity index (χ3n) is 2.63. The molecule has 0 amide bonds. The van der Waals surface area contributed by atoms with Gasteiger partial charge in [0.05, 0.1) is 4.92 Å². The van der Waals surface area contributed by atoms with E-state index in [1.807, 2.05) is 0 Å². The largest absolute Gasteiger partial charge is 0.476 e. The standard InChI is InChI=1S/C11H17N3O4/c1-2-3-4-5-6-7-13-8-9(14(17)18)10(12-13)11(15)16/h8H,2-7H2,1H3,(H,15,16). The molecule has 1 N–H and O–H groups in total. The summed E-state index contributed by atoms with van der Waals surface area (Å²) in [5, 5.41) is 23.2. The van der Waals surface area contributed by atoms with Crippen LogP contribution in [0, 0.1) is 10.1 Å². The summed E-state index contributed by atoms with van der Waals surface area (Å²) < 4.78 is 1.34. The molecule has 0 aromatic carbocycles. The first kappa shape index (κ1) is 14.1. The van der Waals surface area contributed by atoms with Crippen molar-refractivity contribution in [2.24, 2.45) is 0 Å². The van der Waals surface area contributed by atoms with Gasteiger partial charge in [-0.25, -0.2) is 4.79 Å². The molecule has 0 aliphatic rings. The molecule has 0 spiro atoms. The molecule has 7 nitrogen and oxygen atoms in total. The minimum atomic E-state index is -1.37. The molecule has 0 atom stereocenters. The number of aromatic nitrogens is 2. The zero-order valence-electron chi connectivity index (χ0n) is 10.3. The number of unbranched alkanes of at least 4 members (excludes halogenated alkanes) is 4. The van der Waals surface area contributed by atoms with Crippen LogP contribution in [0.4, 0.5) is 5.69 Å². The average molecular weight is 255 g/mol. The molecule has 0 fully saturated rings. The first-order valence-electron chi connectivity index (χ1n) is 6.01. The van der Waals surface area contributed by atoms with E-state index in [1.165, 1.54) is 17.3 Å². The minimum Gasteiger partial charge on any atom is -0.476 e. The molecule has 0 saturated carbocycles. The van der Waals surface area contributed by atoms with E-state index < -0.39 is 22.3 Å². The van der Waals surface area contributed by atoms with Gasteiger partial charge in [-0.3, -0.25) is 14.8 Å². The Morgan fingerprint density at radius 2 is 2.11 bits per heavy atom. The van der Waals surface area contributed by atoms with Gasteiger partial charge in [0.1, 0.15) is 6.20 Å². The second-order valence-corrected chi connectivity index (χ2v) is 4.10. The van der Waals surface area contributed by atoms with Crippen LogP contribution in [-0.4, -0.2) is 25.8 Å². The quantitative estimate of drug-likeness (QED) is 0.437. The maximum atomic E-state index is 10.8. The Bertz CT molecular complexity index is 396. The van der Waals surface area contributed by atoms with Crippen molar-refractivity contribution in [3.63, 3.8) is 0 Å². The van der Waals surface area contributed by atoms with Gasteiger partial charge in [-0.1, -0.05) is 32.6 Å². The van der Waals surface area contributed by atoms with E-state index in [0.717, 1.165) is 25.7 Å². The van der Waals surface area contributed by atoms with Crippen molar-refractivity contribution in [1.82, 2.24) is 9.78 Å². The molecule has 0 radical (unpaired) electrons. The van der Waals surface area contributed by atoms with E-state index in [4.69, 9.17) is 5.11 Å². The number of aryl methyl sites for hydroxylation is 1. The van der Waals surface area contributed by atoms with Crippen LogP contribution in [0.5, 0.6) is 0 Å². The lowest BCUT2D eigenvalue weighted by Gasteiger charge is -2.00. The third kappa shape index (κ3) is 3.83. The fourth-order valence-corrected chi connectivity index (χ4v) is 1.69. The van der Waals surface area contributed by atoms with E-state index in [0.29, 0.717) is 6.54 Å². The van der Waals surface area contributed by atoms with Crippen LogP contribution >= 0.6 is 0 Å². The van der Waals surface area contributed by atoms with Crippen molar-refractivity contribution in [3.05, 3.63) is 22.0 Å². The van der Waals surface area contributed by atoms with Crippen molar-refractivity contribution in [3.8, 4) is 0 Å². The summed E-state index contributed by atoms with van der Waals surface area (Å²) >= 11 is 0. The Labute approximate surface area is 105 Å². The molecular weight excluding hydrogens is 238 g/mol. The van der Waals surface area contributed by atoms with Gasteiger partial charge in [-0.2, -0.15) is 5.10 Å². The van der Waals surface area contributed by atoms with E-state index >= 15 is 0 Å². The number of hydrogen-bond donors (Lipinski definition) is 1. The Morgan fingerprint density at radius 1 is 1.44 bits per heavy atom. The summed E-state index contributed by atoms with van der Waals surface area (Å²) in [6.45, 7) is 2.63. The van der Waals surface area contributed by atoms with Crippen molar-refractivity contribution in [1.29, 1.82) is 0 Å². The predicted octanol–water partition coefficient (Wildman–Crippen LogP) is 2.46.